The van der Waals surface area contributed by atoms with Gasteiger partial charge in [-0.05, 0) is 47.7 Å². The molecule has 1 amide bonds. The summed E-state index contributed by atoms with van der Waals surface area (Å²) >= 11 is 12.9. The van der Waals surface area contributed by atoms with Crippen LogP contribution < -0.4 is 10.6 Å². The topological polar surface area (TPSA) is 41.1 Å². The molecular weight excluding hydrogens is 415 g/mol. The number of amides is 1. The molecule has 3 aromatic rings. The molecule has 150 valence electrons. The minimum atomic E-state index is -0.137. The summed E-state index contributed by atoms with van der Waals surface area (Å²) in [6.45, 7) is 0. The van der Waals surface area contributed by atoms with E-state index in [2.05, 4.69) is 28.9 Å². The highest BCUT2D eigenvalue weighted by molar-refractivity contribution is 6.42. The number of para-hydroxylation sites is 2. The Balaban J connectivity index is 1.57. The average molecular weight is 435 g/mol. The number of nitrogens with one attached hydrogen (secondary N) is 2. The summed E-state index contributed by atoms with van der Waals surface area (Å²) in [5, 5.41) is 7.75. The second-order valence-electron chi connectivity index (χ2n) is 7.71. The Morgan fingerprint density at radius 1 is 0.933 bits per heavy atom. The lowest BCUT2D eigenvalue weighted by Crippen LogP contribution is -2.31. The van der Waals surface area contributed by atoms with Crippen molar-refractivity contribution in [1.82, 2.24) is 0 Å². The van der Waals surface area contributed by atoms with Crippen molar-refractivity contribution in [3.8, 4) is 0 Å². The highest BCUT2D eigenvalue weighted by Crippen LogP contribution is 2.52. The van der Waals surface area contributed by atoms with E-state index in [0.29, 0.717) is 21.5 Å². The van der Waals surface area contributed by atoms with Crippen molar-refractivity contribution in [2.24, 2.45) is 5.92 Å². The van der Waals surface area contributed by atoms with Crippen LogP contribution in [0.15, 0.2) is 78.9 Å². The van der Waals surface area contributed by atoms with E-state index in [0.717, 1.165) is 28.9 Å². The van der Waals surface area contributed by atoms with Gasteiger partial charge in [0.15, 0.2) is 0 Å². The fraction of sp³-hybridized carbons (Fsp3) is 0.160. The molecule has 1 heterocycles. The molecule has 0 bridgehead atoms. The standard InChI is InChI=1S/C25H20Cl2N2O/c26-21-14-6-12-19(22(21)27)23-17-10-4-9-16(17)18-11-5-13-20(24(18)29-23)25(30)28-15-7-2-1-3-8-15/h1-9,11-14,16-17,23,29H,10H2,(H,28,30). The summed E-state index contributed by atoms with van der Waals surface area (Å²) in [6, 6.07) is 21.1. The Bertz CT molecular complexity index is 1140. The zero-order valence-electron chi connectivity index (χ0n) is 16.1. The van der Waals surface area contributed by atoms with Crippen LogP contribution in [0.3, 0.4) is 0 Å². The molecule has 30 heavy (non-hydrogen) atoms. The molecule has 3 aromatic carbocycles. The number of carbonyl (C=O) groups excluding carboxylic acids is 1. The monoisotopic (exact) mass is 434 g/mol. The van der Waals surface area contributed by atoms with E-state index in [1.165, 1.54) is 0 Å². The van der Waals surface area contributed by atoms with Crippen molar-refractivity contribution in [3.63, 3.8) is 0 Å². The van der Waals surface area contributed by atoms with Crippen LogP contribution in [0, 0.1) is 5.92 Å². The van der Waals surface area contributed by atoms with Gasteiger partial charge in [0.2, 0.25) is 0 Å². The van der Waals surface area contributed by atoms with Crippen molar-refractivity contribution in [2.75, 3.05) is 10.6 Å². The number of anilines is 2. The van der Waals surface area contributed by atoms with E-state index in [1.807, 2.05) is 54.6 Å². The van der Waals surface area contributed by atoms with Crippen LogP contribution >= 0.6 is 23.2 Å². The van der Waals surface area contributed by atoms with Crippen molar-refractivity contribution in [3.05, 3.63) is 106 Å². The predicted octanol–water partition coefficient (Wildman–Crippen LogP) is 7.07. The van der Waals surface area contributed by atoms with E-state index in [9.17, 15) is 4.79 Å². The molecular formula is C25H20Cl2N2O. The number of hydrogen-bond acceptors (Lipinski definition) is 2. The Kier molecular flexibility index (Phi) is 5.01. The fourth-order valence-electron chi connectivity index (χ4n) is 4.60. The van der Waals surface area contributed by atoms with E-state index in [1.54, 1.807) is 6.07 Å². The van der Waals surface area contributed by atoms with Crippen LogP contribution in [-0.4, -0.2) is 5.91 Å². The van der Waals surface area contributed by atoms with Gasteiger partial charge in [-0.25, -0.2) is 0 Å². The van der Waals surface area contributed by atoms with Crippen LogP contribution in [0.2, 0.25) is 10.0 Å². The lowest BCUT2D eigenvalue weighted by molar-refractivity contribution is 0.102. The molecule has 2 aliphatic rings. The highest BCUT2D eigenvalue weighted by Gasteiger charge is 2.40. The Labute approximate surface area is 185 Å². The smallest absolute Gasteiger partial charge is 0.257 e. The van der Waals surface area contributed by atoms with Gasteiger partial charge in [0, 0.05) is 11.6 Å². The van der Waals surface area contributed by atoms with Crippen molar-refractivity contribution in [1.29, 1.82) is 0 Å². The minimum Gasteiger partial charge on any atom is -0.377 e. The van der Waals surface area contributed by atoms with Crippen LogP contribution in [0.25, 0.3) is 0 Å². The average Bonchev–Trinajstić information content (AvgIpc) is 3.26. The van der Waals surface area contributed by atoms with Crippen LogP contribution in [0.1, 0.15) is 39.9 Å². The molecule has 0 spiro atoms. The number of halogens is 2. The fourth-order valence-corrected chi connectivity index (χ4v) is 5.02. The van der Waals surface area contributed by atoms with E-state index in [4.69, 9.17) is 23.2 Å². The molecule has 2 N–H and O–H groups in total. The summed E-state index contributed by atoms with van der Waals surface area (Å²) in [6.07, 6.45) is 5.41. The molecule has 1 aliphatic carbocycles. The summed E-state index contributed by atoms with van der Waals surface area (Å²) < 4.78 is 0. The largest absolute Gasteiger partial charge is 0.377 e. The van der Waals surface area contributed by atoms with Gasteiger partial charge in [0.25, 0.3) is 5.91 Å². The Morgan fingerprint density at radius 3 is 2.53 bits per heavy atom. The number of allylic oxidation sites excluding steroid dienone is 2. The number of rotatable bonds is 3. The van der Waals surface area contributed by atoms with Gasteiger partial charge >= 0.3 is 0 Å². The van der Waals surface area contributed by atoms with Gasteiger partial charge < -0.3 is 10.6 Å². The zero-order valence-corrected chi connectivity index (χ0v) is 17.6. The SMILES string of the molecule is O=C(Nc1ccccc1)c1cccc2c1NC(c1cccc(Cl)c1Cl)C1CC=CC21. The van der Waals surface area contributed by atoms with Gasteiger partial charge in [0.1, 0.15) is 0 Å². The number of benzene rings is 3. The molecule has 5 rings (SSSR count). The third-order valence-corrected chi connectivity index (χ3v) is 6.82. The van der Waals surface area contributed by atoms with Crippen LogP contribution in [0.5, 0.6) is 0 Å². The first-order valence-electron chi connectivity index (χ1n) is 10.00. The molecule has 5 heteroatoms. The first-order valence-corrected chi connectivity index (χ1v) is 10.8. The third kappa shape index (κ3) is 3.28. The van der Waals surface area contributed by atoms with Crippen LogP contribution in [0.4, 0.5) is 11.4 Å². The number of hydrogen-bond donors (Lipinski definition) is 2. The van der Waals surface area contributed by atoms with Gasteiger partial charge in [-0.1, -0.05) is 77.8 Å². The molecule has 1 aliphatic heterocycles. The molecule has 0 aromatic heterocycles. The summed E-state index contributed by atoms with van der Waals surface area (Å²) in [5.41, 5.74) is 4.36. The van der Waals surface area contributed by atoms with E-state index in [-0.39, 0.29) is 17.9 Å². The lowest BCUT2D eigenvalue weighted by atomic mass is 9.76. The van der Waals surface area contributed by atoms with Crippen molar-refractivity contribution < 1.29 is 4.79 Å². The molecule has 0 fully saturated rings. The first-order chi connectivity index (χ1) is 14.6. The quantitative estimate of drug-likeness (QED) is 0.432. The lowest BCUT2D eigenvalue weighted by Gasteiger charge is -2.38. The third-order valence-electron chi connectivity index (χ3n) is 5.99. The molecule has 0 saturated carbocycles. The second-order valence-corrected chi connectivity index (χ2v) is 8.49. The van der Waals surface area contributed by atoms with E-state index < -0.39 is 0 Å². The molecule has 3 atom stereocenters. The number of fused-ring (bicyclic) bond motifs is 3. The van der Waals surface area contributed by atoms with Crippen molar-refractivity contribution >= 4 is 40.5 Å². The Hall–Kier alpha value is -2.75. The Morgan fingerprint density at radius 2 is 1.70 bits per heavy atom. The first kappa shape index (κ1) is 19.2. The highest BCUT2D eigenvalue weighted by atomic mass is 35.5. The number of carbonyl (C=O) groups is 1. The summed E-state index contributed by atoms with van der Waals surface area (Å²) in [7, 11) is 0. The van der Waals surface area contributed by atoms with Gasteiger partial charge in [-0.2, -0.15) is 0 Å². The minimum absolute atomic E-state index is 0.0330. The maximum absolute atomic E-state index is 13.1. The maximum Gasteiger partial charge on any atom is 0.257 e. The molecule has 0 radical (unpaired) electrons. The van der Waals surface area contributed by atoms with Crippen molar-refractivity contribution in [2.45, 2.75) is 18.4 Å². The molecule has 3 unspecified atom stereocenters. The zero-order chi connectivity index (χ0) is 20.7. The van der Waals surface area contributed by atoms with Gasteiger partial charge in [-0.15, -0.1) is 0 Å². The molecule has 0 saturated heterocycles. The maximum atomic E-state index is 13.1. The normalized spacial score (nSPS) is 21.5. The molecule has 3 nitrogen and oxygen atoms in total. The van der Waals surface area contributed by atoms with Crippen LogP contribution in [-0.2, 0) is 0 Å². The van der Waals surface area contributed by atoms with E-state index >= 15 is 0 Å². The van der Waals surface area contributed by atoms with Gasteiger partial charge in [0.05, 0.1) is 27.3 Å². The summed E-state index contributed by atoms with van der Waals surface area (Å²) in [4.78, 5) is 13.1. The van der Waals surface area contributed by atoms with Gasteiger partial charge in [-0.3, -0.25) is 4.79 Å². The predicted molar refractivity (Wildman–Crippen MR) is 124 cm³/mol. The summed E-state index contributed by atoms with van der Waals surface area (Å²) in [5.74, 6) is 0.411. The second kappa shape index (κ2) is 7.82.